The standard InChI is InChI=1S/C11H14BrNO2/c1-13(7-6-12)11(15)8-9-4-2-3-5-10(9)14/h2-5,14H,6-8H2,1H3. The van der Waals surface area contributed by atoms with E-state index in [9.17, 15) is 9.90 Å². The summed E-state index contributed by atoms with van der Waals surface area (Å²) in [6.45, 7) is 0.673. The van der Waals surface area contributed by atoms with Gasteiger partial charge in [-0.05, 0) is 6.07 Å². The molecule has 0 fully saturated rings. The third kappa shape index (κ3) is 3.55. The van der Waals surface area contributed by atoms with Crippen LogP contribution in [0.15, 0.2) is 24.3 Å². The highest BCUT2D eigenvalue weighted by Gasteiger charge is 2.10. The van der Waals surface area contributed by atoms with Crippen molar-refractivity contribution < 1.29 is 9.90 Å². The van der Waals surface area contributed by atoms with Crippen molar-refractivity contribution in [1.29, 1.82) is 0 Å². The van der Waals surface area contributed by atoms with E-state index < -0.39 is 0 Å². The van der Waals surface area contributed by atoms with Gasteiger partial charge in [-0.15, -0.1) is 0 Å². The second kappa shape index (κ2) is 5.75. The first-order valence-electron chi connectivity index (χ1n) is 4.72. The largest absolute Gasteiger partial charge is 0.508 e. The Morgan fingerprint density at radius 2 is 2.13 bits per heavy atom. The normalized spacial score (nSPS) is 10.0. The number of phenolic OH excluding ortho intramolecular Hbond substituents is 1. The number of nitrogens with zero attached hydrogens (tertiary/aromatic N) is 1. The number of likely N-dealkylation sites (N-methyl/N-ethyl adjacent to an activating group) is 1. The molecule has 0 heterocycles. The molecule has 3 nitrogen and oxygen atoms in total. The second-order valence-corrected chi connectivity index (χ2v) is 4.10. The number of phenols is 1. The summed E-state index contributed by atoms with van der Waals surface area (Å²) >= 11 is 3.27. The van der Waals surface area contributed by atoms with Gasteiger partial charge in [0.05, 0.1) is 6.42 Å². The van der Waals surface area contributed by atoms with E-state index in [4.69, 9.17) is 0 Å². The molecule has 0 aliphatic carbocycles. The first-order chi connectivity index (χ1) is 7.15. The Morgan fingerprint density at radius 3 is 2.73 bits per heavy atom. The number of para-hydroxylation sites is 1. The Hall–Kier alpha value is -1.03. The highest BCUT2D eigenvalue weighted by atomic mass is 79.9. The van der Waals surface area contributed by atoms with Gasteiger partial charge in [-0.2, -0.15) is 0 Å². The molecule has 82 valence electrons. The molecule has 1 N–H and O–H groups in total. The minimum absolute atomic E-state index is 0.0101. The first kappa shape index (κ1) is 12.0. The Morgan fingerprint density at radius 1 is 1.47 bits per heavy atom. The number of carbonyl (C=O) groups is 1. The summed E-state index contributed by atoms with van der Waals surface area (Å²) in [5, 5.41) is 10.3. The van der Waals surface area contributed by atoms with Crippen molar-refractivity contribution in [3.63, 3.8) is 0 Å². The molecule has 0 aliphatic rings. The van der Waals surface area contributed by atoms with Gasteiger partial charge in [0, 0.05) is 24.5 Å². The van der Waals surface area contributed by atoms with Gasteiger partial charge in [0.15, 0.2) is 0 Å². The van der Waals surface area contributed by atoms with Gasteiger partial charge in [0.1, 0.15) is 5.75 Å². The lowest BCUT2D eigenvalue weighted by molar-refractivity contribution is -0.128. The van der Waals surface area contributed by atoms with Gasteiger partial charge < -0.3 is 10.0 Å². The molecule has 0 spiro atoms. The Bertz CT molecular complexity index is 341. The molecule has 0 saturated carbocycles. The lowest BCUT2D eigenvalue weighted by atomic mass is 10.1. The number of rotatable bonds is 4. The number of hydrogen-bond acceptors (Lipinski definition) is 2. The fourth-order valence-electron chi connectivity index (χ4n) is 1.21. The van der Waals surface area contributed by atoms with E-state index >= 15 is 0 Å². The summed E-state index contributed by atoms with van der Waals surface area (Å²) in [7, 11) is 1.75. The molecule has 0 bridgehead atoms. The average molecular weight is 272 g/mol. The van der Waals surface area contributed by atoms with Crippen LogP contribution in [0, 0.1) is 0 Å². The average Bonchev–Trinajstić information content (AvgIpc) is 2.21. The van der Waals surface area contributed by atoms with Gasteiger partial charge in [-0.3, -0.25) is 4.79 Å². The van der Waals surface area contributed by atoms with Gasteiger partial charge in [-0.25, -0.2) is 0 Å². The van der Waals surface area contributed by atoms with E-state index in [1.807, 2.05) is 6.07 Å². The lowest BCUT2D eigenvalue weighted by Crippen LogP contribution is -2.29. The smallest absolute Gasteiger partial charge is 0.226 e. The molecule has 1 aromatic rings. The van der Waals surface area contributed by atoms with E-state index in [0.717, 1.165) is 5.33 Å². The molecule has 1 aromatic carbocycles. The predicted molar refractivity (Wildman–Crippen MR) is 63.2 cm³/mol. The minimum atomic E-state index is 0.0101. The fraction of sp³-hybridized carbons (Fsp3) is 0.364. The third-order valence-corrected chi connectivity index (χ3v) is 2.53. The van der Waals surface area contributed by atoms with Crippen LogP contribution in [0.4, 0.5) is 0 Å². The fourth-order valence-corrected chi connectivity index (χ4v) is 1.74. The van der Waals surface area contributed by atoms with E-state index in [1.54, 1.807) is 30.1 Å². The van der Waals surface area contributed by atoms with Crippen LogP contribution >= 0.6 is 15.9 Å². The van der Waals surface area contributed by atoms with Crippen molar-refractivity contribution in [2.45, 2.75) is 6.42 Å². The van der Waals surface area contributed by atoms with Crippen LogP contribution in [-0.2, 0) is 11.2 Å². The molecular weight excluding hydrogens is 258 g/mol. The zero-order valence-electron chi connectivity index (χ0n) is 8.61. The monoisotopic (exact) mass is 271 g/mol. The van der Waals surface area contributed by atoms with Crippen LogP contribution in [0.5, 0.6) is 5.75 Å². The van der Waals surface area contributed by atoms with Crippen LogP contribution in [0.1, 0.15) is 5.56 Å². The number of aromatic hydroxyl groups is 1. The number of amides is 1. The van der Waals surface area contributed by atoms with Crippen molar-refractivity contribution in [3.8, 4) is 5.75 Å². The molecule has 1 rings (SSSR count). The van der Waals surface area contributed by atoms with Crippen LogP contribution in [-0.4, -0.2) is 34.8 Å². The molecule has 0 radical (unpaired) electrons. The zero-order chi connectivity index (χ0) is 11.3. The van der Waals surface area contributed by atoms with Crippen molar-refractivity contribution >= 4 is 21.8 Å². The summed E-state index contributed by atoms with van der Waals surface area (Å²) < 4.78 is 0. The van der Waals surface area contributed by atoms with E-state index in [2.05, 4.69) is 15.9 Å². The van der Waals surface area contributed by atoms with Crippen LogP contribution in [0.2, 0.25) is 0 Å². The quantitative estimate of drug-likeness (QED) is 0.849. The van der Waals surface area contributed by atoms with Crippen LogP contribution in [0.3, 0.4) is 0 Å². The molecule has 0 unspecified atom stereocenters. The topological polar surface area (TPSA) is 40.5 Å². The van der Waals surface area contributed by atoms with Gasteiger partial charge in [0.25, 0.3) is 0 Å². The molecular formula is C11H14BrNO2. The summed E-state index contributed by atoms with van der Waals surface area (Å²) in [6, 6.07) is 6.90. The summed E-state index contributed by atoms with van der Waals surface area (Å²) in [5.74, 6) is 0.189. The molecule has 0 atom stereocenters. The van der Waals surface area contributed by atoms with Crippen molar-refractivity contribution in [1.82, 2.24) is 4.90 Å². The number of carbonyl (C=O) groups excluding carboxylic acids is 1. The zero-order valence-corrected chi connectivity index (χ0v) is 10.2. The number of halogens is 1. The van der Waals surface area contributed by atoms with Crippen LogP contribution in [0.25, 0.3) is 0 Å². The SMILES string of the molecule is CN(CCBr)C(=O)Cc1ccccc1O. The lowest BCUT2D eigenvalue weighted by Gasteiger charge is -2.15. The van der Waals surface area contributed by atoms with Crippen molar-refractivity contribution in [3.05, 3.63) is 29.8 Å². The Balaban J connectivity index is 2.62. The number of benzene rings is 1. The molecule has 15 heavy (non-hydrogen) atoms. The molecule has 0 saturated heterocycles. The van der Waals surface area contributed by atoms with Crippen LogP contribution < -0.4 is 0 Å². The predicted octanol–water partition coefficient (Wildman–Crippen LogP) is 1.79. The third-order valence-electron chi connectivity index (χ3n) is 2.18. The van der Waals surface area contributed by atoms with Crippen molar-refractivity contribution in [2.24, 2.45) is 0 Å². The summed E-state index contributed by atoms with van der Waals surface area (Å²) in [5.41, 5.74) is 0.670. The Labute approximate surface area is 97.8 Å². The maximum atomic E-state index is 11.6. The Kier molecular flexibility index (Phi) is 4.62. The minimum Gasteiger partial charge on any atom is -0.508 e. The van der Waals surface area contributed by atoms with E-state index in [1.165, 1.54) is 0 Å². The molecule has 4 heteroatoms. The molecule has 0 aromatic heterocycles. The summed E-state index contributed by atoms with van der Waals surface area (Å²) in [6.07, 6.45) is 0.246. The maximum absolute atomic E-state index is 11.6. The van der Waals surface area contributed by atoms with Gasteiger partial charge in [-0.1, -0.05) is 34.1 Å². The molecule has 1 amide bonds. The summed E-state index contributed by atoms with van der Waals surface area (Å²) in [4.78, 5) is 13.3. The van der Waals surface area contributed by atoms with Gasteiger partial charge >= 0.3 is 0 Å². The number of hydrogen-bond donors (Lipinski definition) is 1. The van der Waals surface area contributed by atoms with Crippen molar-refractivity contribution in [2.75, 3.05) is 18.9 Å². The van der Waals surface area contributed by atoms with Gasteiger partial charge in [0.2, 0.25) is 5.91 Å². The highest BCUT2D eigenvalue weighted by Crippen LogP contribution is 2.16. The molecule has 0 aliphatic heterocycles. The van der Waals surface area contributed by atoms with E-state index in [0.29, 0.717) is 12.1 Å². The second-order valence-electron chi connectivity index (χ2n) is 3.31. The first-order valence-corrected chi connectivity index (χ1v) is 5.84. The number of alkyl halides is 1. The van der Waals surface area contributed by atoms with E-state index in [-0.39, 0.29) is 18.1 Å². The highest BCUT2D eigenvalue weighted by molar-refractivity contribution is 9.09. The maximum Gasteiger partial charge on any atom is 0.226 e.